The fraction of sp³-hybridized carbons (Fsp3) is 0.682. The molecule has 0 bridgehead atoms. The zero-order chi connectivity index (χ0) is 20.6. The minimum Gasteiger partial charge on any atom is -0.363 e. The lowest BCUT2D eigenvalue weighted by atomic mass is 9.86. The van der Waals surface area contributed by atoms with Crippen molar-refractivity contribution in [3.8, 4) is 0 Å². The maximum absolute atomic E-state index is 14.9. The van der Waals surface area contributed by atoms with Gasteiger partial charge in [0.2, 0.25) is 5.91 Å². The molecule has 1 aliphatic carbocycles. The zero-order valence-corrected chi connectivity index (χ0v) is 17.4. The van der Waals surface area contributed by atoms with Gasteiger partial charge >= 0.3 is 0 Å². The molecule has 160 valence electrons. The number of anilines is 2. The summed E-state index contributed by atoms with van der Waals surface area (Å²) in [7, 11) is 0. The summed E-state index contributed by atoms with van der Waals surface area (Å²) in [5.74, 6) is -0.975. The molecule has 0 radical (unpaired) electrons. The van der Waals surface area contributed by atoms with Crippen molar-refractivity contribution in [1.82, 2.24) is 10.2 Å². The standard InChI is InChI=1S/C22H32F2N4O/c1-22(2,14-27-10-9-25-13-19(27)29)21-26-18-12-15(23)11-17(24)20(18)28(21)16-7-5-3-4-6-8-16/h11-12,16,21,25-26H,3-10,13-14H2,1-2H3. The Morgan fingerprint density at radius 2 is 1.86 bits per heavy atom. The monoisotopic (exact) mass is 406 g/mol. The Morgan fingerprint density at radius 1 is 1.14 bits per heavy atom. The Morgan fingerprint density at radius 3 is 2.55 bits per heavy atom. The van der Waals surface area contributed by atoms with E-state index < -0.39 is 11.6 Å². The predicted molar refractivity (Wildman–Crippen MR) is 111 cm³/mol. The first kappa shape index (κ1) is 20.4. The van der Waals surface area contributed by atoms with Crippen LogP contribution in [-0.2, 0) is 4.79 Å². The molecule has 7 heteroatoms. The maximum atomic E-state index is 14.9. The summed E-state index contributed by atoms with van der Waals surface area (Å²) in [6.07, 6.45) is 6.50. The summed E-state index contributed by atoms with van der Waals surface area (Å²) in [5.41, 5.74) is 0.667. The second kappa shape index (κ2) is 8.09. The number of nitrogens with one attached hydrogen (secondary N) is 2. The van der Waals surface area contributed by atoms with Gasteiger partial charge in [-0.2, -0.15) is 0 Å². The lowest BCUT2D eigenvalue weighted by Gasteiger charge is -2.45. The Hall–Kier alpha value is -1.89. The number of hydrogen-bond acceptors (Lipinski definition) is 4. The molecule has 2 aliphatic heterocycles. The van der Waals surface area contributed by atoms with Crippen LogP contribution in [0.5, 0.6) is 0 Å². The number of hydrogen-bond donors (Lipinski definition) is 2. The van der Waals surface area contributed by atoms with Crippen molar-refractivity contribution in [2.75, 3.05) is 36.4 Å². The molecule has 2 N–H and O–H groups in total. The van der Waals surface area contributed by atoms with Crippen LogP contribution in [0.3, 0.4) is 0 Å². The molecule has 0 spiro atoms. The first-order valence-corrected chi connectivity index (χ1v) is 10.9. The quantitative estimate of drug-likeness (QED) is 0.749. The highest BCUT2D eigenvalue weighted by molar-refractivity contribution is 5.80. The molecule has 1 aromatic rings. The highest BCUT2D eigenvalue weighted by Crippen LogP contribution is 2.46. The van der Waals surface area contributed by atoms with E-state index in [1.165, 1.54) is 18.9 Å². The molecule has 4 rings (SSSR count). The second-order valence-electron chi connectivity index (χ2n) is 9.36. The highest BCUT2D eigenvalue weighted by Gasteiger charge is 2.45. The molecule has 1 saturated heterocycles. The summed E-state index contributed by atoms with van der Waals surface area (Å²) in [6, 6.07) is 2.60. The van der Waals surface area contributed by atoms with Crippen molar-refractivity contribution >= 4 is 17.3 Å². The lowest BCUT2D eigenvalue weighted by Crippen LogP contribution is -2.58. The minimum absolute atomic E-state index is 0.0954. The van der Waals surface area contributed by atoms with Gasteiger partial charge in [-0.25, -0.2) is 8.78 Å². The number of halogens is 2. The fourth-order valence-corrected chi connectivity index (χ4v) is 5.18. The molecule has 1 saturated carbocycles. The van der Waals surface area contributed by atoms with Gasteiger partial charge in [-0.15, -0.1) is 0 Å². The Balaban J connectivity index is 1.66. The predicted octanol–water partition coefficient (Wildman–Crippen LogP) is 3.70. The van der Waals surface area contributed by atoms with Crippen LogP contribution in [0.15, 0.2) is 12.1 Å². The molecule has 2 heterocycles. The number of nitrogens with zero attached hydrogens (tertiary/aromatic N) is 2. The van der Waals surface area contributed by atoms with E-state index in [4.69, 9.17) is 0 Å². The highest BCUT2D eigenvalue weighted by atomic mass is 19.1. The summed E-state index contributed by atoms with van der Waals surface area (Å²) in [4.78, 5) is 16.4. The second-order valence-corrected chi connectivity index (χ2v) is 9.36. The van der Waals surface area contributed by atoms with Crippen LogP contribution < -0.4 is 15.5 Å². The van der Waals surface area contributed by atoms with Crippen molar-refractivity contribution in [2.24, 2.45) is 5.41 Å². The number of piperazine rings is 1. The maximum Gasteiger partial charge on any atom is 0.236 e. The van der Waals surface area contributed by atoms with E-state index >= 15 is 0 Å². The molecule has 5 nitrogen and oxygen atoms in total. The van der Waals surface area contributed by atoms with Gasteiger partial charge in [-0.3, -0.25) is 4.79 Å². The number of rotatable bonds is 4. The summed E-state index contributed by atoms with van der Waals surface area (Å²) in [6.45, 7) is 6.63. The molecule has 0 aromatic heterocycles. The van der Waals surface area contributed by atoms with Crippen LogP contribution in [0.2, 0.25) is 0 Å². The Kier molecular flexibility index (Phi) is 5.69. The largest absolute Gasteiger partial charge is 0.363 e. The third-order valence-electron chi connectivity index (χ3n) is 6.60. The Bertz CT molecular complexity index is 761. The average Bonchev–Trinajstić information content (AvgIpc) is 2.86. The topological polar surface area (TPSA) is 47.6 Å². The van der Waals surface area contributed by atoms with Crippen molar-refractivity contribution in [1.29, 1.82) is 0 Å². The Labute approximate surface area is 171 Å². The van der Waals surface area contributed by atoms with Crippen molar-refractivity contribution in [3.05, 3.63) is 23.8 Å². The first-order chi connectivity index (χ1) is 13.9. The van der Waals surface area contributed by atoms with Crippen LogP contribution in [-0.4, -0.2) is 49.2 Å². The van der Waals surface area contributed by atoms with Gasteiger partial charge in [0, 0.05) is 37.2 Å². The minimum atomic E-state index is -0.565. The molecule has 29 heavy (non-hydrogen) atoms. The van der Waals surface area contributed by atoms with E-state index in [9.17, 15) is 13.6 Å². The van der Waals surface area contributed by atoms with E-state index in [1.54, 1.807) is 0 Å². The number of fused-ring (bicyclic) bond motifs is 1. The van der Waals surface area contributed by atoms with Gasteiger partial charge in [-0.05, 0) is 18.9 Å². The third kappa shape index (κ3) is 4.06. The normalized spacial score (nSPS) is 23.7. The molecular weight excluding hydrogens is 374 g/mol. The molecule has 2 fully saturated rings. The van der Waals surface area contributed by atoms with E-state index in [1.807, 2.05) is 4.90 Å². The molecule has 1 atom stereocenters. The number of carbonyl (C=O) groups is 1. The van der Waals surface area contributed by atoms with E-state index in [0.29, 0.717) is 31.0 Å². The van der Waals surface area contributed by atoms with E-state index in [-0.39, 0.29) is 23.5 Å². The summed E-state index contributed by atoms with van der Waals surface area (Å²) in [5, 5.41) is 6.53. The van der Waals surface area contributed by atoms with Gasteiger partial charge in [-0.1, -0.05) is 39.5 Å². The van der Waals surface area contributed by atoms with Crippen LogP contribution in [0.4, 0.5) is 20.2 Å². The van der Waals surface area contributed by atoms with E-state index in [0.717, 1.165) is 38.3 Å². The summed E-state index contributed by atoms with van der Waals surface area (Å²) >= 11 is 0. The van der Waals surface area contributed by atoms with Gasteiger partial charge < -0.3 is 20.4 Å². The molecule has 1 unspecified atom stereocenters. The first-order valence-electron chi connectivity index (χ1n) is 10.9. The van der Waals surface area contributed by atoms with Crippen LogP contribution in [0.1, 0.15) is 52.4 Å². The average molecular weight is 407 g/mol. The van der Waals surface area contributed by atoms with Crippen LogP contribution in [0, 0.1) is 17.0 Å². The SMILES string of the molecule is CC(C)(CN1CCNCC1=O)C1Nc2cc(F)cc(F)c2N1C1CCCCCC1. The third-order valence-corrected chi connectivity index (χ3v) is 6.60. The smallest absolute Gasteiger partial charge is 0.236 e. The summed E-state index contributed by atoms with van der Waals surface area (Å²) < 4.78 is 28.9. The number of carbonyl (C=O) groups excluding carboxylic acids is 1. The van der Waals surface area contributed by atoms with Gasteiger partial charge in [0.25, 0.3) is 0 Å². The van der Waals surface area contributed by atoms with Gasteiger partial charge in [0.1, 0.15) is 12.0 Å². The zero-order valence-electron chi connectivity index (χ0n) is 17.4. The van der Waals surface area contributed by atoms with E-state index in [2.05, 4.69) is 29.4 Å². The molecule has 1 aromatic carbocycles. The fourth-order valence-electron chi connectivity index (χ4n) is 5.18. The number of benzene rings is 1. The van der Waals surface area contributed by atoms with Crippen LogP contribution >= 0.6 is 0 Å². The van der Waals surface area contributed by atoms with Crippen molar-refractivity contribution in [2.45, 2.75) is 64.6 Å². The van der Waals surface area contributed by atoms with Crippen molar-refractivity contribution < 1.29 is 13.6 Å². The lowest BCUT2D eigenvalue weighted by molar-refractivity contribution is -0.133. The van der Waals surface area contributed by atoms with Crippen LogP contribution in [0.25, 0.3) is 0 Å². The molecular formula is C22H32F2N4O. The molecule has 1 amide bonds. The molecule has 3 aliphatic rings. The van der Waals surface area contributed by atoms with Gasteiger partial charge in [0.15, 0.2) is 5.82 Å². The number of amides is 1. The van der Waals surface area contributed by atoms with Crippen molar-refractivity contribution in [3.63, 3.8) is 0 Å². The van der Waals surface area contributed by atoms with Gasteiger partial charge in [0.05, 0.1) is 17.9 Å².